The van der Waals surface area contributed by atoms with Crippen LogP contribution in [0.2, 0.25) is 5.02 Å². The Morgan fingerprint density at radius 2 is 1.87 bits per heavy atom. The third-order valence-electron chi connectivity index (χ3n) is 7.71. The van der Waals surface area contributed by atoms with Gasteiger partial charge in [-0.25, -0.2) is 0 Å². The van der Waals surface area contributed by atoms with Crippen molar-refractivity contribution in [2.24, 2.45) is 11.7 Å². The van der Waals surface area contributed by atoms with Gasteiger partial charge in [0.1, 0.15) is 11.5 Å². The van der Waals surface area contributed by atoms with E-state index in [9.17, 15) is 9.90 Å². The van der Waals surface area contributed by atoms with Crippen LogP contribution in [0.3, 0.4) is 0 Å². The molecular formula is C32H39ClN2O4. The van der Waals surface area contributed by atoms with E-state index in [1.165, 1.54) is 0 Å². The second-order valence-corrected chi connectivity index (χ2v) is 10.8. The number of halogens is 1. The lowest BCUT2D eigenvalue weighted by atomic mass is 9.73. The number of nitrogens with zero attached hydrogens (tertiary/aromatic N) is 1. The molecule has 1 saturated heterocycles. The molecule has 1 fully saturated rings. The molecule has 2 atom stereocenters. The highest BCUT2D eigenvalue weighted by atomic mass is 35.5. The van der Waals surface area contributed by atoms with E-state index >= 15 is 0 Å². The summed E-state index contributed by atoms with van der Waals surface area (Å²) in [6.07, 6.45) is 3.74. The summed E-state index contributed by atoms with van der Waals surface area (Å²) in [4.78, 5) is 15.3. The number of hydrogen-bond donors (Lipinski definition) is 2. The molecule has 4 rings (SSSR count). The number of rotatable bonds is 11. The van der Waals surface area contributed by atoms with Crippen molar-refractivity contribution >= 4 is 17.5 Å². The van der Waals surface area contributed by atoms with Crippen LogP contribution in [0.4, 0.5) is 0 Å². The van der Waals surface area contributed by atoms with E-state index in [1.807, 2.05) is 72.5 Å². The minimum Gasteiger partial charge on any atom is -0.455 e. The average molecular weight is 551 g/mol. The lowest BCUT2D eigenvalue weighted by Gasteiger charge is -2.43. The van der Waals surface area contributed by atoms with Crippen LogP contribution in [0.15, 0.2) is 66.7 Å². The molecule has 1 amide bonds. The van der Waals surface area contributed by atoms with Crippen molar-refractivity contribution < 1.29 is 19.4 Å². The van der Waals surface area contributed by atoms with Gasteiger partial charge in [-0.15, -0.1) is 0 Å². The number of nitrogens with two attached hydrogens (primary N) is 1. The van der Waals surface area contributed by atoms with Crippen LogP contribution in [0.5, 0.6) is 11.5 Å². The van der Waals surface area contributed by atoms with Gasteiger partial charge in [-0.2, -0.15) is 0 Å². The highest BCUT2D eigenvalue weighted by molar-refractivity contribution is 6.32. The molecule has 0 spiro atoms. The van der Waals surface area contributed by atoms with E-state index in [0.29, 0.717) is 60.3 Å². The summed E-state index contributed by atoms with van der Waals surface area (Å²) in [6.45, 7) is 4.13. The predicted molar refractivity (Wildman–Crippen MR) is 155 cm³/mol. The zero-order valence-corrected chi connectivity index (χ0v) is 23.6. The van der Waals surface area contributed by atoms with Gasteiger partial charge in [-0.3, -0.25) is 4.79 Å². The Morgan fingerprint density at radius 3 is 2.59 bits per heavy atom. The summed E-state index contributed by atoms with van der Waals surface area (Å²) in [5, 5.41) is 13.1. The molecule has 0 bridgehead atoms. The van der Waals surface area contributed by atoms with Gasteiger partial charge in [-0.05, 0) is 74.4 Å². The molecule has 1 aliphatic rings. The first-order valence-corrected chi connectivity index (χ1v) is 14.1. The number of aliphatic hydroxyl groups is 1. The molecule has 0 aliphatic carbocycles. The lowest BCUT2D eigenvalue weighted by molar-refractivity contribution is -0.0589. The number of unbranched alkanes of at least 4 members (excludes halogenated alkanes) is 1. The fourth-order valence-corrected chi connectivity index (χ4v) is 5.75. The number of para-hydroxylation sites is 2. The Kier molecular flexibility index (Phi) is 10.0. The zero-order chi connectivity index (χ0) is 27.8. The van der Waals surface area contributed by atoms with Crippen molar-refractivity contribution in [3.05, 3.63) is 94.0 Å². The van der Waals surface area contributed by atoms with Gasteiger partial charge >= 0.3 is 0 Å². The van der Waals surface area contributed by atoms with E-state index in [2.05, 4.69) is 0 Å². The van der Waals surface area contributed by atoms with E-state index in [4.69, 9.17) is 26.8 Å². The topological polar surface area (TPSA) is 85.0 Å². The van der Waals surface area contributed by atoms with E-state index in [-0.39, 0.29) is 11.8 Å². The molecule has 0 aromatic heterocycles. The fourth-order valence-electron chi connectivity index (χ4n) is 5.49. The summed E-state index contributed by atoms with van der Waals surface area (Å²) in [7, 11) is 1.69. The number of amides is 1. The van der Waals surface area contributed by atoms with Gasteiger partial charge in [0.15, 0.2) is 0 Å². The van der Waals surface area contributed by atoms with Crippen LogP contribution in [-0.2, 0) is 16.9 Å². The van der Waals surface area contributed by atoms with Crippen molar-refractivity contribution in [2.45, 2.75) is 51.2 Å². The quantitative estimate of drug-likeness (QED) is 0.268. The third kappa shape index (κ3) is 6.82. The second kappa shape index (κ2) is 13.4. The number of methoxy groups -OCH3 is 1. The molecule has 39 heavy (non-hydrogen) atoms. The summed E-state index contributed by atoms with van der Waals surface area (Å²) in [5.41, 5.74) is 7.77. The number of aryl methyl sites for hydroxylation is 1. The van der Waals surface area contributed by atoms with Gasteiger partial charge in [-0.1, -0.05) is 54.1 Å². The monoisotopic (exact) mass is 550 g/mol. The summed E-state index contributed by atoms with van der Waals surface area (Å²) in [5.74, 6) is 0.956. The zero-order valence-electron chi connectivity index (χ0n) is 22.9. The van der Waals surface area contributed by atoms with Gasteiger partial charge in [0.2, 0.25) is 0 Å². The highest BCUT2D eigenvalue weighted by Gasteiger charge is 2.43. The average Bonchev–Trinajstić information content (AvgIpc) is 2.97. The number of carbonyl (C=O) groups is 1. The van der Waals surface area contributed by atoms with Gasteiger partial charge < -0.3 is 25.2 Å². The van der Waals surface area contributed by atoms with Crippen LogP contribution >= 0.6 is 11.6 Å². The first-order valence-electron chi connectivity index (χ1n) is 13.7. The molecule has 7 heteroatoms. The van der Waals surface area contributed by atoms with Crippen LogP contribution < -0.4 is 10.5 Å². The van der Waals surface area contributed by atoms with Crippen molar-refractivity contribution in [3.8, 4) is 11.5 Å². The standard InChI is InChI=1S/C32H39ClN2O4/c1-23-9-7-12-28(33)30(23)39-29-13-4-3-11-27(29)32(37,18-5-6-20-38-2)26-10-8-19-35(22-26)31(36)25-16-14-24(21-34)15-17-25/h3-4,7,9,11-17,26,37H,5-6,8,10,18-22,34H2,1-2H3/t26-,32?/m1/s1. The van der Waals surface area contributed by atoms with Gasteiger partial charge in [0.25, 0.3) is 5.91 Å². The second-order valence-electron chi connectivity index (χ2n) is 10.3. The van der Waals surface area contributed by atoms with Crippen LogP contribution in [0, 0.1) is 12.8 Å². The molecule has 0 radical (unpaired) electrons. The van der Waals surface area contributed by atoms with E-state index in [1.54, 1.807) is 13.2 Å². The number of likely N-dealkylation sites (tertiary alicyclic amines) is 1. The molecule has 208 valence electrons. The Balaban J connectivity index is 1.65. The number of carbonyl (C=O) groups excluding carboxylic acids is 1. The van der Waals surface area contributed by atoms with Crippen LogP contribution in [0.25, 0.3) is 0 Å². The smallest absolute Gasteiger partial charge is 0.253 e. The number of hydrogen-bond acceptors (Lipinski definition) is 5. The predicted octanol–water partition coefficient (Wildman–Crippen LogP) is 6.46. The molecule has 3 aromatic rings. The summed E-state index contributed by atoms with van der Waals surface area (Å²) < 4.78 is 11.7. The number of ether oxygens (including phenoxy) is 2. The molecule has 1 unspecified atom stereocenters. The lowest BCUT2D eigenvalue weighted by Crippen LogP contribution is -2.48. The molecular weight excluding hydrogens is 512 g/mol. The minimum absolute atomic E-state index is 0.0266. The van der Waals surface area contributed by atoms with Crippen LogP contribution in [0.1, 0.15) is 59.2 Å². The Morgan fingerprint density at radius 1 is 1.10 bits per heavy atom. The maximum Gasteiger partial charge on any atom is 0.253 e. The first kappa shape index (κ1) is 29.1. The summed E-state index contributed by atoms with van der Waals surface area (Å²) >= 11 is 6.49. The maximum atomic E-state index is 13.4. The summed E-state index contributed by atoms with van der Waals surface area (Å²) in [6, 6.07) is 20.7. The number of piperidine rings is 1. The normalized spacial score (nSPS) is 17.1. The van der Waals surface area contributed by atoms with Gasteiger partial charge in [0.05, 0.1) is 10.6 Å². The highest BCUT2D eigenvalue weighted by Crippen LogP contribution is 2.45. The Labute approximate surface area is 236 Å². The van der Waals surface area contributed by atoms with E-state index < -0.39 is 5.60 Å². The van der Waals surface area contributed by atoms with Crippen molar-refractivity contribution in [1.82, 2.24) is 4.90 Å². The molecule has 0 saturated carbocycles. The fraction of sp³-hybridized carbons (Fsp3) is 0.406. The van der Waals surface area contributed by atoms with E-state index in [0.717, 1.165) is 36.8 Å². The first-order chi connectivity index (χ1) is 18.9. The minimum atomic E-state index is -1.21. The molecule has 3 aromatic carbocycles. The largest absolute Gasteiger partial charge is 0.455 e. The Hall–Kier alpha value is -2.90. The molecule has 6 nitrogen and oxygen atoms in total. The molecule has 1 heterocycles. The molecule has 3 N–H and O–H groups in total. The molecule has 1 aliphatic heterocycles. The van der Waals surface area contributed by atoms with Crippen molar-refractivity contribution in [1.29, 1.82) is 0 Å². The Bertz CT molecular complexity index is 1230. The number of benzene rings is 3. The van der Waals surface area contributed by atoms with Crippen LogP contribution in [-0.4, -0.2) is 42.7 Å². The van der Waals surface area contributed by atoms with Gasteiger partial charge in [0, 0.05) is 50.4 Å². The van der Waals surface area contributed by atoms with Crippen molar-refractivity contribution in [2.75, 3.05) is 26.8 Å². The SMILES string of the molecule is COCCCCC(O)(c1ccccc1Oc1c(C)cccc1Cl)[C@@H]1CCCN(C(=O)c2ccc(CN)cc2)C1. The maximum absolute atomic E-state index is 13.4. The third-order valence-corrected chi connectivity index (χ3v) is 8.00. The van der Waals surface area contributed by atoms with Crippen molar-refractivity contribution in [3.63, 3.8) is 0 Å².